The molecule has 2 heterocycles. The van der Waals surface area contributed by atoms with Gasteiger partial charge in [-0.05, 0) is 24.5 Å². The summed E-state index contributed by atoms with van der Waals surface area (Å²) in [5.41, 5.74) is 7.53. The molecule has 0 saturated heterocycles. The Balaban J connectivity index is 2.00. The Morgan fingerprint density at radius 3 is 3.12 bits per heavy atom. The molecule has 88 valence electrons. The zero-order chi connectivity index (χ0) is 11.8. The smallest absolute Gasteiger partial charge is 0.181 e. The summed E-state index contributed by atoms with van der Waals surface area (Å²) >= 11 is 0. The van der Waals surface area contributed by atoms with Gasteiger partial charge in [0.25, 0.3) is 0 Å². The quantitative estimate of drug-likeness (QED) is 0.760. The largest absolute Gasteiger partial charge is 0.399 e. The van der Waals surface area contributed by atoms with Gasteiger partial charge in [-0.2, -0.15) is 5.10 Å². The minimum absolute atomic E-state index is 0.692. The third kappa shape index (κ3) is 1.90. The summed E-state index contributed by atoms with van der Waals surface area (Å²) in [5.74, 6) is 2.58. The molecule has 0 amide bonds. The maximum absolute atomic E-state index is 5.78. The van der Waals surface area contributed by atoms with Gasteiger partial charge >= 0.3 is 0 Å². The molecule has 0 fully saturated rings. The summed E-state index contributed by atoms with van der Waals surface area (Å²) in [7, 11) is 0. The standard InChI is InChI=1S/C13H16N4/c1-9-5-6-12-15-13(16-17(12)8-9)10-3-2-4-11(14)7-10/h2-4,7,9H,5-6,8,14H2,1H3. The SMILES string of the molecule is CC1CCc2nc(-c3cccc(N)c3)nn2C1. The van der Waals surface area contributed by atoms with Crippen LogP contribution in [0.2, 0.25) is 0 Å². The van der Waals surface area contributed by atoms with Gasteiger partial charge in [0, 0.05) is 24.2 Å². The zero-order valence-corrected chi connectivity index (χ0v) is 9.93. The third-order valence-corrected chi connectivity index (χ3v) is 3.24. The van der Waals surface area contributed by atoms with Crippen molar-refractivity contribution < 1.29 is 0 Å². The number of rotatable bonds is 1. The zero-order valence-electron chi connectivity index (χ0n) is 9.93. The lowest BCUT2D eigenvalue weighted by Crippen LogP contribution is -2.18. The van der Waals surface area contributed by atoms with E-state index in [0.717, 1.165) is 35.9 Å². The maximum Gasteiger partial charge on any atom is 0.181 e. The van der Waals surface area contributed by atoms with Crippen molar-refractivity contribution in [1.29, 1.82) is 0 Å². The first-order chi connectivity index (χ1) is 8.22. The van der Waals surface area contributed by atoms with Gasteiger partial charge in [0.15, 0.2) is 5.82 Å². The topological polar surface area (TPSA) is 56.7 Å². The average molecular weight is 228 g/mol. The van der Waals surface area contributed by atoms with Gasteiger partial charge in [0.1, 0.15) is 5.82 Å². The van der Waals surface area contributed by atoms with Crippen molar-refractivity contribution in [2.24, 2.45) is 5.92 Å². The van der Waals surface area contributed by atoms with Crippen LogP contribution in [-0.4, -0.2) is 14.8 Å². The van der Waals surface area contributed by atoms with Crippen molar-refractivity contribution >= 4 is 5.69 Å². The van der Waals surface area contributed by atoms with Crippen molar-refractivity contribution in [1.82, 2.24) is 14.8 Å². The van der Waals surface area contributed by atoms with Crippen LogP contribution >= 0.6 is 0 Å². The van der Waals surface area contributed by atoms with Crippen molar-refractivity contribution in [3.8, 4) is 11.4 Å². The molecule has 0 aliphatic carbocycles. The Hall–Kier alpha value is -1.84. The van der Waals surface area contributed by atoms with E-state index in [1.165, 1.54) is 6.42 Å². The van der Waals surface area contributed by atoms with E-state index in [4.69, 9.17) is 5.73 Å². The molecule has 1 aliphatic rings. The van der Waals surface area contributed by atoms with Gasteiger partial charge in [-0.25, -0.2) is 9.67 Å². The Kier molecular flexibility index (Phi) is 2.35. The first-order valence-electron chi connectivity index (χ1n) is 6.02. The van der Waals surface area contributed by atoms with Crippen molar-refractivity contribution in [2.75, 3.05) is 5.73 Å². The van der Waals surface area contributed by atoms with Crippen LogP contribution in [0, 0.1) is 5.92 Å². The first kappa shape index (κ1) is 10.3. The molecule has 2 aromatic rings. The van der Waals surface area contributed by atoms with Crippen LogP contribution in [-0.2, 0) is 13.0 Å². The molecule has 1 unspecified atom stereocenters. The molecule has 17 heavy (non-hydrogen) atoms. The highest BCUT2D eigenvalue weighted by atomic mass is 15.4. The summed E-state index contributed by atoms with van der Waals surface area (Å²) in [5, 5.41) is 4.56. The number of hydrogen-bond donors (Lipinski definition) is 1. The number of hydrogen-bond acceptors (Lipinski definition) is 3. The van der Waals surface area contributed by atoms with Crippen molar-refractivity contribution in [3.05, 3.63) is 30.1 Å². The Morgan fingerprint density at radius 2 is 2.29 bits per heavy atom. The van der Waals surface area contributed by atoms with E-state index < -0.39 is 0 Å². The summed E-state index contributed by atoms with van der Waals surface area (Å²) in [6.45, 7) is 3.23. The average Bonchev–Trinajstić information content (AvgIpc) is 2.72. The van der Waals surface area contributed by atoms with Gasteiger partial charge in [0.05, 0.1) is 0 Å². The highest BCUT2D eigenvalue weighted by Crippen LogP contribution is 2.23. The second kappa shape index (κ2) is 3.87. The second-order valence-electron chi connectivity index (χ2n) is 4.80. The molecular formula is C13H16N4. The van der Waals surface area contributed by atoms with Crippen LogP contribution in [0.25, 0.3) is 11.4 Å². The van der Waals surface area contributed by atoms with Crippen LogP contribution < -0.4 is 5.73 Å². The van der Waals surface area contributed by atoms with Crippen LogP contribution in [0.1, 0.15) is 19.2 Å². The van der Waals surface area contributed by atoms with Crippen LogP contribution in [0.3, 0.4) is 0 Å². The highest BCUT2D eigenvalue weighted by Gasteiger charge is 2.19. The Morgan fingerprint density at radius 1 is 1.41 bits per heavy atom. The fourth-order valence-electron chi connectivity index (χ4n) is 2.27. The lowest BCUT2D eigenvalue weighted by atomic mass is 10.0. The molecule has 1 atom stereocenters. The molecule has 4 nitrogen and oxygen atoms in total. The van der Waals surface area contributed by atoms with E-state index >= 15 is 0 Å². The van der Waals surface area contributed by atoms with E-state index in [-0.39, 0.29) is 0 Å². The third-order valence-electron chi connectivity index (χ3n) is 3.24. The summed E-state index contributed by atoms with van der Waals surface area (Å²) in [6, 6.07) is 7.74. The van der Waals surface area contributed by atoms with E-state index in [1.54, 1.807) is 0 Å². The molecule has 1 aliphatic heterocycles. The molecule has 3 rings (SSSR count). The molecule has 0 saturated carbocycles. The molecule has 0 spiro atoms. The van der Waals surface area contributed by atoms with Gasteiger partial charge in [0.2, 0.25) is 0 Å². The van der Waals surface area contributed by atoms with Crippen molar-refractivity contribution in [2.45, 2.75) is 26.3 Å². The molecule has 0 radical (unpaired) electrons. The molecule has 0 bridgehead atoms. The van der Waals surface area contributed by atoms with E-state index in [9.17, 15) is 0 Å². The van der Waals surface area contributed by atoms with E-state index in [0.29, 0.717) is 5.92 Å². The fourth-order valence-corrected chi connectivity index (χ4v) is 2.27. The normalized spacial score (nSPS) is 19.0. The Bertz CT molecular complexity index is 544. The number of nitrogen functional groups attached to an aromatic ring is 1. The van der Waals surface area contributed by atoms with Crippen molar-refractivity contribution in [3.63, 3.8) is 0 Å². The summed E-state index contributed by atoms with van der Waals surface area (Å²) < 4.78 is 2.03. The number of anilines is 1. The molecular weight excluding hydrogens is 212 g/mol. The first-order valence-corrected chi connectivity index (χ1v) is 6.02. The predicted octanol–water partition coefficient (Wildman–Crippen LogP) is 2.11. The summed E-state index contributed by atoms with van der Waals surface area (Å²) in [4.78, 5) is 4.59. The predicted molar refractivity (Wildman–Crippen MR) is 67.4 cm³/mol. The number of benzene rings is 1. The molecule has 2 N–H and O–H groups in total. The van der Waals surface area contributed by atoms with Gasteiger partial charge in [-0.1, -0.05) is 19.1 Å². The molecule has 4 heteroatoms. The molecule has 1 aromatic heterocycles. The van der Waals surface area contributed by atoms with Crippen LogP contribution in [0.15, 0.2) is 24.3 Å². The summed E-state index contributed by atoms with van der Waals surface area (Å²) in [6.07, 6.45) is 2.23. The lowest BCUT2D eigenvalue weighted by molar-refractivity contribution is 0.368. The monoisotopic (exact) mass is 228 g/mol. The van der Waals surface area contributed by atoms with Gasteiger partial charge < -0.3 is 5.73 Å². The minimum atomic E-state index is 0.692. The van der Waals surface area contributed by atoms with Crippen LogP contribution in [0.5, 0.6) is 0 Å². The number of nitrogens with two attached hydrogens (primary N) is 1. The molecule has 1 aromatic carbocycles. The highest BCUT2D eigenvalue weighted by molar-refractivity contribution is 5.60. The van der Waals surface area contributed by atoms with Gasteiger partial charge in [-0.15, -0.1) is 0 Å². The number of nitrogens with zero attached hydrogens (tertiary/aromatic N) is 3. The van der Waals surface area contributed by atoms with E-state index in [1.807, 2.05) is 28.9 Å². The van der Waals surface area contributed by atoms with Gasteiger partial charge in [-0.3, -0.25) is 0 Å². The van der Waals surface area contributed by atoms with Crippen LogP contribution in [0.4, 0.5) is 5.69 Å². The van der Waals surface area contributed by atoms with E-state index in [2.05, 4.69) is 17.0 Å². The lowest BCUT2D eigenvalue weighted by Gasteiger charge is -2.17. The fraction of sp³-hybridized carbons (Fsp3) is 0.385. The number of aryl methyl sites for hydroxylation is 1. The Labute approximate surface area is 100 Å². The number of fused-ring (bicyclic) bond motifs is 1. The maximum atomic E-state index is 5.78. The minimum Gasteiger partial charge on any atom is -0.399 e. The second-order valence-corrected chi connectivity index (χ2v) is 4.80. The number of aromatic nitrogens is 3.